The van der Waals surface area contributed by atoms with Gasteiger partial charge in [-0.1, -0.05) is 48.2 Å². The van der Waals surface area contributed by atoms with Crippen LogP contribution in [0.1, 0.15) is 21.6 Å². The molecule has 0 saturated carbocycles. The average Bonchev–Trinajstić information content (AvgIpc) is 2.63. The Morgan fingerprint density at radius 1 is 1.08 bits per heavy atom. The van der Waals surface area contributed by atoms with Gasteiger partial charge in [0, 0.05) is 24.4 Å². The fourth-order valence-electron chi connectivity index (χ4n) is 2.06. The molecule has 3 aromatic rings. The average molecular weight is 338 g/mol. The van der Waals surface area contributed by atoms with Gasteiger partial charge >= 0.3 is 0 Å². The molecular formula is C17H14N4O2S. The lowest BCUT2D eigenvalue weighted by Gasteiger charge is -2.02. The van der Waals surface area contributed by atoms with E-state index in [9.17, 15) is 9.59 Å². The molecule has 0 atom stereocenters. The van der Waals surface area contributed by atoms with Crippen molar-refractivity contribution in [2.24, 2.45) is 0 Å². The van der Waals surface area contributed by atoms with Gasteiger partial charge in [0.1, 0.15) is 5.69 Å². The number of ketones is 1. The summed E-state index contributed by atoms with van der Waals surface area (Å²) >= 11 is 1.16. The molecule has 0 unspecified atom stereocenters. The monoisotopic (exact) mass is 338 g/mol. The summed E-state index contributed by atoms with van der Waals surface area (Å²) in [4.78, 5) is 30.8. The first-order valence-corrected chi connectivity index (χ1v) is 8.27. The summed E-state index contributed by atoms with van der Waals surface area (Å²) in [6.45, 7) is 0. The third kappa shape index (κ3) is 4.14. The van der Waals surface area contributed by atoms with Gasteiger partial charge in [0.2, 0.25) is 0 Å². The van der Waals surface area contributed by atoms with Crippen molar-refractivity contribution in [3.63, 3.8) is 0 Å². The highest BCUT2D eigenvalue weighted by Gasteiger charge is 2.10. The zero-order valence-corrected chi connectivity index (χ0v) is 13.5. The van der Waals surface area contributed by atoms with E-state index in [-0.39, 0.29) is 17.1 Å². The van der Waals surface area contributed by atoms with Gasteiger partial charge in [0.05, 0.1) is 5.75 Å². The Balaban J connectivity index is 1.65. The van der Waals surface area contributed by atoms with Gasteiger partial charge < -0.3 is 0 Å². The summed E-state index contributed by atoms with van der Waals surface area (Å²) in [5.74, 6) is 0.166. The summed E-state index contributed by atoms with van der Waals surface area (Å²) in [5, 5.41) is 8.29. The topological polar surface area (TPSA) is 88.6 Å². The van der Waals surface area contributed by atoms with Gasteiger partial charge in [-0.15, -0.1) is 10.2 Å². The van der Waals surface area contributed by atoms with Crippen molar-refractivity contribution < 1.29 is 4.79 Å². The molecule has 1 aromatic carbocycles. The summed E-state index contributed by atoms with van der Waals surface area (Å²) in [7, 11) is 0. The number of Topliss-reactive ketones (excluding diaryl/α,β-unsaturated/α-hetero) is 1. The zero-order valence-electron chi connectivity index (χ0n) is 12.7. The molecule has 6 nitrogen and oxygen atoms in total. The fourth-order valence-corrected chi connectivity index (χ4v) is 2.76. The minimum Gasteiger partial charge on any atom is -0.298 e. The van der Waals surface area contributed by atoms with E-state index >= 15 is 0 Å². The molecule has 120 valence electrons. The van der Waals surface area contributed by atoms with E-state index in [1.807, 2.05) is 24.3 Å². The smallest absolute Gasteiger partial charge is 0.273 e. The predicted molar refractivity (Wildman–Crippen MR) is 91.2 cm³/mol. The molecule has 0 aliphatic carbocycles. The Kier molecular flexibility index (Phi) is 5.12. The fraction of sp³-hybridized carbons (Fsp3) is 0.118. The molecule has 0 fully saturated rings. The number of aromatic nitrogens is 4. The number of aromatic amines is 1. The van der Waals surface area contributed by atoms with Crippen molar-refractivity contribution in [1.29, 1.82) is 0 Å². The van der Waals surface area contributed by atoms with Crippen molar-refractivity contribution in [2.75, 3.05) is 5.75 Å². The number of thioether (sulfide) groups is 1. The number of pyridine rings is 1. The molecule has 0 saturated heterocycles. The van der Waals surface area contributed by atoms with Gasteiger partial charge in [-0.2, -0.15) is 0 Å². The van der Waals surface area contributed by atoms with Gasteiger partial charge in [0.15, 0.2) is 10.9 Å². The van der Waals surface area contributed by atoms with E-state index in [1.165, 1.54) is 0 Å². The van der Waals surface area contributed by atoms with Crippen molar-refractivity contribution in [3.05, 3.63) is 82.0 Å². The van der Waals surface area contributed by atoms with Gasteiger partial charge in [-0.25, -0.2) is 0 Å². The lowest BCUT2D eigenvalue weighted by molar-refractivity contribution is 0.102. The molecule has 0 radical (unpaired) electrons. The number of nitrogens with zero attached hydrogens (tertiary/aromatic N) is 3. The standard InChI is InChI=1S/C17H14N4O2S/c22-15(13-6-2-1-3-7-13)11-24-17-19-16(23)14(20-21-17)9-12-5-4-8-18-10-12/h1-8,10H,9,11H2,(H,19,21,23). The predicted octanol–water partition coefficient (Wildman–Crippen LogP) is 2.13. The van der Waals surface area contributed by atoms with Crippen LogP contribution in [0.2, 0.25) is 0 Å². The van der Waals surface area contributed by atoms with E-state index in [4.69, 9.17) is 0 Å². The maximum absolute atomic E-state index is 12.1. The van der Waals surface area contributed by atoms with Crippen LogP contribution in [0.3, 0.4) is 0 Å². The maximum Gasteiger partial charge on any atom is 0.273 e. The minimum atomic E-state index is -0.302. The molecule has 2 heterocycles. The SMILES string of the molecule is O=C(CSc1nnc(Cc2cccnc2)c(=O)[nH]1)c1ccccc1. The number of carbonyl (C=O) groups excluding carboxylic acids is 1. The van der Waals surface area contributed by atoms with Crippen LogP contribution in [-0.4, -0.2) is 31.7 Å². The lowest BCUT2D eigenvalue weighted by atomic mass is 10.2. The van der Waals surface area contributed by atoms with Crippen LogP contribution in [-0.2, 0) is 6.42 Å². The lowest BCUT2D eigenvalue weighted by Crippen LogP contribution is -2.18. The molecule has 0 spiro atoms. The first-order chi connectivity index (χ1) is 11.7. The van der Waals surface area contributed by atoms with Crippen LogP contribution in [0.25, 0.3) is 0 Å². The Morgan fingerprint density at radius 2 is 1.92 bits per heavy atom. The second-order valence-electron chi connectivity index (χ2n) is 5.02. The Morgan fingerprint density at radius 3 is 2.62 bits per heavy atom. The Hall–Kier alpha value is -2.80. The second-order valence-corrected chi connectivity index (χ2v) is 5.99. The van der Waals surface area contributed by atoms with Crippen LogP contribution in [0, 0.1) is 0 Å². The Labute approximate surface area is 142 Å². The first kappa shape index (κ1) is 16.1. The number of benzene rings is 1. The highest BCUT2D eigenvalue weighted by Crippen LogP contribution is 2.13. The molecule has 3 rings (SSSR count). The van der Waals surface area contributed by atoms with Crippen molar-refractivity contribution in [1.82, 2.24) is 20.2 Å². The number of hydrogen-bond acceptors (Lipinski definition) is 6. The molecule has 0 aliphatic rings. The highest BCUT2D eigenvalue weighted by molar-refractivity contribution is 7.99. The van der Waals surface area contributed by atoms with Crippen molar-refractivity contribution in [2.45, 2.75) is 11.6 Å². The highest BCUT2D eigenvalue weighted by atomic mass is 32.2. The van der Waals surface area contributed by atoms with E-state index in [1.54, 1.807) is 30.6 Å². The second kappa shape index (κ2) is 7.65. The minimum absolute atomic E-state index is 0.0253. The summed E-state index contributed by atoms with van der Waals surface area (Å²) in [6, 6.07) is 12.7. The summed E-state index contributed by atoms with van der Waals surface area (Å²) < 4.78 is 0. The van der Waals surface area contributed by atoms with Crippen LogP contribution in [0.15, 0.2) is 64.8 Å². The normalized spacial score (nSPS) is 10.5. The molecule has 2 aromatic heterocycles. The summed E-state index contributed by atoms with van der Waals surface area (Å²) in [5.41, 5.74) is 1.54. The number of carbonyl (C=O) groups is 1. The number of rotatable bonds is 6. The van der Waals surface area contributed by atoms with Crippen LogP contribution >= 0.6 is 11.8 Å². The zero-order chi connectivity index (χ0) is 16.8. The molecule has 1 N–H and O–H groups in total. The quantitative estimate of drug-likeness (QED) is 0.547. The van der Waals surface area contributed by atoms with Gasteiger partial charge in [-0.3, -0.25) is 19.6 Å². The van der Waals surface area contributed by atoms with E-state index in [2.05, 4.69) is 20.2 Å². The van der Waals surface area contributed by atoms with Gasteiger partial charge in [0.25, 0.3) is 5.56 Å². The number of H-pyrrole nitrogens is 1. The number of hydrogen-bond donors (Lipinski definition) is 1. The molecule has 0 aliphatic heterocycles. The molecule has 0 bridgehead atoms. The molecular weight excluding hydrogens is 324 g/mol. The van der Waals surface area contributed by atoms with E-state index < -0.39 is 0 Å². The van der Waals surface area contributed by atoms with Crippen molar-refractivity contribution in [3.8, 4) is 0 Å². The van der Waals surface area contributed by atoms with Crippen LogP contribution in [0.4, 0.5) is 0 Å². The molecule has 0 amide bonds. The van der Waals surface area contributed by atoms with Gasteiger partial charge in [-0.05, 0) is 11.6 Å². The summed E-state index contributed by atoms with van der Waals surface area (Å²) in [6.07, 6.45) is 3.72. The molecule has 24 heavy (non-hydrogen) atoms. The van der Waals surface area contributed by atoms with E-state index in [0.29, 0.717) is 22.8 Å². The van der Waals surface area contributed by atoms with Crippen LogP contribution in [0.5, 0.6) is 0 Å². The third-order valence-corrected chi connectivity index (χ3v) is 4.14. The van der Waals surface area contributed by atoms with E-state index in [0.717, 1.165) is 17.3 Å². The first-order valence-electron chi connectivity index (χ1n) is 7.28. The maximum atomic E-state index is 12.1. The largest absolute Gasteiger partial charge is 0.298 e. The molecule has 7 heteroatoms. The van der Waals surface area contributed by atoms with Crippen LogP contribution < -0.4 is 5.56 Å². The third-order valence-electron chi connectivity index (χ3n) is 3.27. The number of nitrogens with one attached hydrogen (secondary N) is 1. The Bertz CT molecular complexity index is 882. The van der Waals surface area contributed by atoms with Crippen molar-refractivity contribution >= 4 is 17.5 Å².